The minimum atomic E-state index is 0.00439. The molecule has 0 atom stereocenters. The summed E-state index contributed by atoms with van der Waals surface area (Å²) in [6.07, 6.45) is 3.24. The largest absolute Gasteiger partial charge is 0.482 e. The lowest BCUT2D eigenvalue weighted by molar-refractivity contribution is -0.121. The van der Waals surface area contributed by atoms with E-state index in [9.17, 15) is 4.79 Å². The number of carbonyl (C=O) groups is 1. The maximum Gasteiger partial charge on any atom is 0.265 e. The Morgan fingerprint density at radius 1 is 1.10 bits per heavy atom. The number of aliphatic imine (C=N–C) groups is 1. The lowest BCUT2D eigenvalue weighted by Crippen LogP contribution is -2.43. The summed E-state index contributed by atoms with van der Waals surface area (Å²) in [5.41, 5.74) is 2.49. The van der Waals surface area contributed by atoms with Gasteiger partial charge < -0.3 is 20.3 Å². The summed E-state index contributed by atoms with van der Waals surface area (Å²) in [5, 5.41) is 6.84. The Bertz CT molecular complexity index is 877. The Kier molecular flexibility index (Phi) is 5.69. The van der Waals surface area contributed by atoms with Crippen molar-refractivity contribution in [3.8, 4) is 5.75 Å². The molecular weight excluding hydrogens is 364 g/mol. The Hall–Kier alpha value is -3.02. The number of fused-ring (bicyclic) bond motifs is 1. The number of hydrogen-bond donors (Lipinski definition) is 2. The molecule has 2 aromatic carbocycles. The van der Waals surface area contributed by atoms with Crippen LogP contribution in [0.15, 0.2) is 59.6 Å². The van der Waals surface area contributed by atoms with Gasteiger partial charge in [0.25, 0.3) is 5.91 Å². The SMILES string of the molecule is CN=C(NCCCN1C(=O)COc2ccccc21)NCC1(c2ccccc2)CC1. The fraction of sp³-hybridized carbons (Fsp3) is 0.391. The zero-order chi connectivity index (χ0) is 20.1. The molecule has 1 aliphatic carbocycles. The first-order chi connectivity index (χ1) is 14.2. The van der Waals surface area contributed by atoms with Gasteiger partial charge in [0.2, 0.25) is 0 Å². The minimum Gasteiger partial charge on any atom is -0.482 e. The fourth-order valence-electron chi connectivity index (χ4n) is 3.83. The Morgan fingerprint density at radius 3 is 2.62 bits per heavy atom. The van der Waals surface area contributed by atoms with Crippen molar-refractivity contribution < 1.29 is 9.53 Å². The summed E-state index contributed by atoms with van der Waals surface area (Å²) >= 11 is 0. The second-order valence-electron chi connectivity index (χ2n) is 7.65. The molecule has 4 rings (SSSR count). The van der Waals surface area contributed by atoms with Gasteiger partial charge in [-0.15, -0.1) is 0 Å². The van der Waals surface area contributed by atoms with E-state index in [1.54, 1.807) is 7.05 Å². The molecule has 0 radical (unpaired) electrons. The number of nitrogens with one attached hydrogen (secondary N) is 2. The number of rotatable bonds is 7. The topological polar surface area (TPSA) is 66.0 Å². The molecule has 29 heavy (non-hydrogen) atoms. The molecule has 0 saturated heterocycles. The van der Waals surface area contributed by atoms with Crippen molar-refractivity contribution in [3.05, 3.63) is 60.2 Å². The molecular formula is C23H28N4O2. The number of nitrogens with zero attached hydrogens (tertiary/aromatic N) is 2. The van der Waals surface area contributed by atoms with Crippen molar-refractivity contribution in [2.75, 3.05) is 38.2 Å². The third-order valence-electron chi connectivity index (χ3n) is 5.72. The van der Waals surface area contributed by atoms with Gasteiger partial charge in [0, 0.05) is 32.1 Å². The van der Waals surface area contributed by atoms with E-state index in [4.69, 9.17) is 4.74 Å². The van der Waals surface area contributed by atoms with E-state index >= 15 is 0 Å². The molecule has 152 valence electrons. The third-order valence-corrected chi connectivity index (χ3v) is 5.72. The molecule has 2 N–H and O–H groups in total. The Morgan fingerprint density at radius 2 is 1.86 bits per heavy atom. The van der Waals surface area contributed by atoms with Crippen molar-refractivity contribution in [1.29, 1.82) is 0 Å². The fourth-order valence-corrected chi connectivity index (χ4v) is 3.83. The van der Waals surface area contributed by atoms with Gasteiger partial charge in [0.15, 0.2) is 12.6 Å². The second kappa shape index (κ2) is 8.55. The van der Waals surface area contributed by atoms with Crippen LogP contribution in [-0.4, -0.2) is 45.2 Å². The van der Waals surface area contributed by atoms with E-state index in [-0.39, 0.29) is 17.9 Å². The van der Waals surface area contributed by atoms with E-state index in [0.29, 0.717) is 6.54 Å². The summed E-state index contributed by atoms with van der Waals surface area (Å²) in [6, 6.07) is 18.4. The zero-order valence-corrected chi connectivity index (χ0v) is 16.9. The first-order valence-electron chi connectivity index (χ1n) is 10.2. The predicted molar refractivity (Wildman–Crippen MR) is 116 cm³/mol. The third kappa shape index (κ3) is 4.36. The quantitative estimate of drug-likeness (QED) is 0.432. The maximum atomic E-state index is 12.2. The lowest BCUT2D eigenvalue weighted by atomic mass is 9.96. The molecule has 1 amide bonds. The van der Waals surface area contributed by atoms with Crippen LogP contribution in [0.2, 0.25) is 0 Å². The van der Waals surface area contributed by atoms with Gasteiger partial charge >= 0.3 is 0 Å². The zero-order valence-electron chi connectivity index (χ0n) is 16.9. The summed E-state index contributed by atoms with van der Waals surface area (Å²) in [5.74, 6) is 1.58. The van der Waals surface area contributed by atoms with Gasteiger partial charge in [-0.05, 0) is 37.0 Å². The maximum absolute atomic E-state index is 12.2. The number of amides is 1. The summed E-state index contributed by atoms with van der Waals surface area (Å²) in [7, 11) is 1.79. The minimum absolute atomic E-state index is 0.00439. The smallest absolute Gasteiger partial charge is 0.265 e. The number of ether oxygens (including phenoxy) is 1. The second-order valence-corrected chi connectivity index (χ2v) is 7.65. The van der Waals surface area contributed by atoms with Crippen molar-refractivity contribution in [2.24, 2.45) is 4.99 Å². The number of anilines is 1. The monoisotopic (exact) mass is 392 g/mol. The summed E-state index contributed by atoms with van der Waals surface area (Å²) in [4.78, 5) is 18.4. The molecule has 1 fully saturated rings. The molecule has 2 aromatic rings. The normalized spacial score (nSPS) is 17.3. The highest BCUT2D eigenvalue weighted by Gasteiger charge is 2.44. The number of carbonyl (C=O) groups excluding carboxylic acids is 1. The molecule has 0 spiro atoms. The van der Waals surface area contributed by atoms with Crippen molar-refractivity contribution in [2.45, 2.75) is 24.7 Å². The van der Waals surface area contributed by atoms with Crippen LogP contribution in [0.1, 0.15) is 24.8 Å². The molecule has 6 nitrogen and oxygen atoms in total. The molecule has 0 unspecified atom stereocenters. The standard InChI is InChI=1S/C23H28N4O2/c1-24-22(26-17-23(12-13-23)18-8-3-2-4-9-18)25-14-7-15-27-19-10-5-6-11-20(19)29-16-21(27)28/h2-6,8-11H,7,12-17H2,1H3,(H2,24,25,26). The van der Waals surface area contributed by atoms with Gasteiger partial charge in [-0.3, -0.25) is 9.79 Å². The van der Waals surface area contributed by atoms with Crippen LogP contribution in [0, 0.1) is 0 Å². The molecule has 2 aliphatic rings. The van der Waals surface area contributed by atoms with Crippen LogP contribution >= 0.6 is 0 Å². The van der Waals surface area contributed by atoms with Crippen LogP contribution in [-0.2, 0) is 10.2 Å². The van der Waals surface area contributed by atoms with Crippen molar-refractivity contribution in [1.82, 2.24) is 10.6 Å². The Labute approximate surface area is 172 Å². The van der Waals surface area contributed by atoms with Crippen molar-refractivity contribution in [3.63, 3.8) is 0 Å². The van der Waals surface area contributed by atoms with Crippen LogP contribution in [0.4, 0.5) is 5.69 Å². The first-order valence-corrected chi connectivity index (χ1v) is 10.2. The van der Waals surface area contributed by atoms with Gasteiger partial charge in [-0.2, -0.15) is 0 Å². The molecule has 6 heteroatoms. The number of hydrogen-bond acceptors (Lipinski definition) is 3. The van der Waals surface area contributed by atoms with Gasteiger partial charge in [0.1, 0.15) is 5.75 Å². The van der Waals surface area contributed by atoms with Crippen LogP contribution in [0.25, 0.3) is 0 Å². The number of para-hydroxylation sites is 2. The van der Waals surface area contributed by atoms with Crippen LogP contribution in [0.3, 0.4) is 0 Å². The van der Waals surface area contributed by atoms with Crippen LogP contribution in [0.5, 0.6) is 5.75 Å². The molecule has 0 bridgehead atoms. The van der Waals surface area contributed by atoms with Crippen molar-refractivity contribution >= 4 is 17.6 Å². The highest BCUT2D eigenvalue weighted by molar-refractivity contribution is 5.97. The van der Waals surface area contributed by atoms with E-state index in [1.807, 2.05) is 29.2 Å². The highest BCUT2D eigenvalue weighted by Crippen LogP contribution is 2.47. The Balaban J connectivity index is 1.25. The summed E-state index contributed by atoms with van der Waals surface area (Å²) < 4.78 is 5.50. The highest BCUT2D eigenvalue weighted by atomic mass is 16.5. The van der Waals surface area contributed by atoms with Gasteiger partial charge in [-0.1, -0.05) is 42.5 Å². The van der Waals surface area contributed by atoms with E-state index in [2.05, 4.69) is 46.0 Å². The summed E-state index contributed by atoms with van der Waals surface area (Å²) in [6.45, 7) is 2.38. The van der Waals surface area contributed by atoms with E-state index in [1.165, 1.54) is 18.4 Å². The average Bonchev–Trinajstić information content (AvgIpc) is 3.56. The number of benzene rings is 2. The van der Waals surface area contributed by atoms with Gasteiger partial charge in [-0.25, -0.2) is 0 Å². The molecule has 0 aromatic heterocycles. The van der Waals surface area contributed by atoms with E-state index in [0.717, 1.165) is 36.9 Å². The van der Waals surface area contributed by atoms with Gasteiger partial charge in [0.05, 0.1) is 5.69 Å². The molecule has 1 heterocycles. The predicted octanol–water partition coefficient (Wildman–Crippen LogP) is 2.70. The average molecular weight is 393 g/mol. The number of guanidine groups is 1. The van der Waals surface area contributed by atoms with Crippen LogP contribution < -0.4 is 20.3 Å². The molecule has 1 saturated carbocycles. The first kappa shape index (κ1) is 19.3. The molecule has 1 aliphatic heterocycles. The van der Waals surface area contributed by atoms with E-state index < -0.39 is 0 Å². The lowest BCUT2D eigenvalue weighted by Gasteiger charge is -2.29.